The molecule has 2 bridgehead atoms. The molecule has 5 rings (SSSR count). The number of carbonyl (C=O) groups excluding carboxylic acids is 2. The molecule has 2 amide bonds. The van der Waals surface area contributed by atoms with Crippen molar-refractivity contribution in [3.63, 3.8) is 0 Å². The van der Waals surface area contributed by atoms with Crippen molar-refractivity contribution >= 4 is 22.7 Å². The van der Waals surface area contributed by atoms with Crippen molar-refractivity contribution in [3.05, 3.63) is 40.9 Å². The molecule has 2 aromatic rings. The van der Waals surface area contributed by atoms with Gasteiger partial charge in [0.2, 0.25) is 11.8 Å². The van der Waals surface area contributed by atoms with Crippen LogP contribution in [0.25, 0.3) is 10.9 Å². The second kappa shape index (κ2) is 6.97. The van der Waals surface area contributed by atoms with E-state index in [9.17, 15) is 14.4 Å². The van der Waals surface area contributed by atoms with Crippen LogP contribution in [0.3, 0.4) is 0 Å². The van der Waals surface area contributed by atoms with Crippen molar-refractivity contribution in [2.45, 2.75) is 44.7 Å². The van der Waals surface area contributed by atoms with E-state index in [1.165, 1.54) is 10.9 Å². The van der Waals surface area contributed by atoms with E-state index in [1.54, 1.807) is 19.1 Å². The number of aromatic nitrogens is 2. The fourth-order valence-corrected chi connectivity index (χ4v) is 5.53. The fourth-order valence-electron chi connectivity index (χ4n) is 5.53. The van der Waals surface area contributed by atoms with Crippen LogP contribution in [0.15, 0.2) is 35.4 Å². The Kier molecular flexibility index (Phi) is 4.41. The van der Waals surface area contributed by atoms with Crippen LogP contribution in [0.2, 0.25) is 0 Å². The van der Waals surface area contributed by atoms with E-state index in [4.69, 9.17) is 0 Å². The average molecular weight is 394 g/mol. The summed E-state index contributed by atoms with van der Waals surface area (Å²) in [6.45, 7) is 3.87. The van der Waals surface area contributed by atoms with Crippen LogP contribution in [-0.2, 0) is 9.59 Å². The molecule has 3 aliphatic heterocycles. The van der Waals surface area contributed by atoms with Gasteiger partial charge in [0.25, 0.3) is 5.56 Å². The van der Waals surface area contributed by atoms with E-state index in [1.807, 2.05) is 17.0 Å². The Morgan fingerprint density at radius 3 is 2.86 bits per heavy atom. The summed E-state index contributed by atoms with van der Waals surface area (Å²) in [5.74, 6) is 0.913. The second-order valence-corrected chi connectivity index (χ2v) is 8.76. The van der Waals surface area contributed by atoms with Gasteiger partial charge in [0.05, 0.1) is 17.2 Å². The number of piperidine rings is 3. The van der Waals surface area contributed by atoms with Crippen LogP contribution in [0.4, 0.5) is 0 Å². The summed E-state index contributed by atoms with van der Waals surface area (Å²) in [6, 6.07) is 6.88. The van der Waals surface area contributed by atoms with Crippen molar-refractivity contribution in [2.75, 3.05) is 19.6 Å². The van der Waals surface area contributed by atoms with Crippen LogP contribution in [0.1, 0.15) is 38.6 Å². The number of nitrogens with zero attached hydrogens (tertiary/aromatic N) is 4. The Hall–Kier alpha value is -2.70. The zero-order valence-corrected chi connectivity index (χ0v) is 16.7. The van der Waals surface area contributed by atoms with Crippen LogP contribution < -0.4 is 5.56 Å². The molecule has 152 valence electrons. The summed E-state index contributed by atoms with van der Waals surface area (Å²) in [7, 11) is 0. The molecule has 29 heavy (non-hydrogen) atoms. The SMILES string of the molecule is C[C@@H](C(=O)N1CC2CC(C1)C1CCCC(=O)N1C2)n1cnc2ccccc2c1=O. The average Bonchev–Trinajstić information content (AvgIpc) is 2.74. The van der Waals surface area contributed by atoms with Gasteiger partial charge in [-0.25, -0.2) is 4.98 Å². The molecule has 4 atom stereocenters. The lowest BCUT2D eigenvalue weighted by Gasteiger charge is -2.52. The lowest BCUT2D eigenvalue weighted by atomic mass is 9.76. The number of para-hydroxylation sites is 1. The highest BCUT2D eigenvalue weighted by molar-refractivity contribution is 5.82. The second-order valence-electron chi connectivity index (χ2n) is 8.76. The standard InChI is InChI=1S/C22H26N4O3/c1-14(26-13-23-18-6-3-2-5-17(18)22(26)29)21(28)24-10-15-9-16(12-24)19-7-4-8-20(27)25(19)11-15/h2-3,5-6,13-16,19H,4,7-12H2,1H3/t14-,15?,16?,19?/m0/s1. The van der Waals surface area contributed by atoms with E-state index in [-0.39, 0.29) is 23.4 Å². The number of benzene rings is 1. The molecular formula is C22H26N4O3. The molecule has 7 nitrogen and oxygen atoms in total. The van der Waals surface area contributed by atoms with Crippen molar-refractivity contribution < 1.29 is 9.59 Å². The quantitative estimate of drug-likeness (QED) is 0.779. The van der Waals surface area contributed by atoms with Crippen molar-refractivity contribution in [1.29, 1.82) is 0 Å². The number of carbonyl (C=O) groups is 2. The van der Waals surface area contributed by atoms with Gasteiger partial charge >= 0.3 is 0 Å². The Balaban J connectivity index is 1.38. The molecule has 1 aromatic heterocycles. The van der Waals surface area contributed by atoms with Crippen LogP contribution in [0.5, 0.6) is 0 Å². The first-order valence-electron chi connectivity index (χ1n) is 10.6. The van der Waals surface area contributed by atoms with Crippen molar-refractivity contribution in [3.8, 4) is 0 Å². The largest absolute Gasteiger partial charge is 0.340 e. The number of rotatable bonds is 2. The maximum absolute atomic E-state index is 13.3. The van der Waals surface area contributed by atoms with Gasteiger partial charge in [-0.1, -0.05) is 12.1 Å². The first-order valence-corrected chi connectivity index (χ1v) is 10.6. The zero-order valence-electron chi connectivity index (χ0n) is 16.7. The van der Waals surface area contributed by atoms with Crippen molar-refractivity contribution in [1.82, 2.24) is 19.4 Å². The van der Waals surface area contributed by atoms with Gasteiger partial charge in [-0.2, -0.15) is 0 Å². The zero-order chi connectivity index (χ0) is 20.1. The normalized spacial score (nSPS) is 27.6. The molecule has 0 saturated carbocycles. The lowest BCUT2D eigenvalue weighted by Crippen LogP contribution is -2.61. The summed E-state index contributed by atoms with van der Waals surface area (Å²) in [5, 5.41) is 0.529. The smallest absolute Gasteiger partial charge is 0.261 e. The van der Waals surface area contributed by atoms with E-state index >= 15 is 0 Å². The molecule has 3 unspecified atom stereocenters. The lowest BCUT2D eigenvalue weighted by molar-refractivity contribution is -0.149. The number of hydrogen-bond donors (Lipinski definition) is 0. The van der Waals surface area contributed by atoms with Crippen LogP contribution >= 0.6 is 0 Å². The Morgan fingerprint density at radius 1 is 1.17 bits per heavy atom. The highest BCUT2D eigenvalue weighted by Crippen LogP contribution is 2.38. The van der Waals surface area contributed by atoms with Gasteiger partial charge in [0, 0.05) is 32.1 Å². The van der Waals surface area contributed by atoms with E-state index in [0.717, 1.165) is 25.8 Å². The molecule has 3 saturated heterocycles. The molecule has 0 spiro atoms. The summed E-state index contributed by atoms with van der Waals surface area (Å²) in [4.78, 5) is 46.8. The number of hydrogen-bond acceptors (Lipinski definition) is 4. The van der Waals surface area contributed by atoms with Crippen molar-refractivity contribution in [2.24, 2.45) is 11.8 Å². The molecule has 0 radical (unpaired) electrons. The summed E-state index contributed by atoms with van der Waals surface area (Å²) in [6.07, 6.45) is 5.22. The molecule has 3 fully saturated rings. The topological polar surface area (TPSA) is 75.5 Å². The number of amides is 2. The maximum atomic E-state index is 13.3. The van der Waals surface area contributed by atoms with E-state index < -0.39 is 6.04 Å². The fraction of sp³-hybridized carbons (Fsp3) is 0.545. The molecule has 0 aliphatic carbocycles. The predicted octanol–water partition coefficient (Wildman–Crippen LogP) is 1.82. The minimum atomic E-state index is -0.595. The van der Waals surface area contributed by atoms with Crippen LogP contribution in [-0.4, -0.2) is 56.8 Å². The van der Waals surface area contributed by atoms with E-state index in [2.05, 4.69) is 9.88 Å². The summed E-state index contributed by atoms with van der Waals surface area (Å²) in [5.41, 5.74) is 0.459. The minimum Gasteiger partial charge on any atom is -0.340 e. The van der Waals surface area contributed by atoms with Gasteiger partial charge in [-0.05, 0) is 50.2 Å². The molecule has 4 heterocycles. The molecular weight excluding hydrogens is 368 g/mol. The molecule has 0 N–H and O–H groups in total. The highest BCUT2D eigenvalue weighted by Gasteiger charge is 2.45. The van der Waals surface area contributed by atoms with Gasteiger partial charge in [-0.3, -0.25) is 19.0 Å². The predicted molar refractivity (Wildman–Crippen MR) is 108 cm³/mol. The first-order chi connectivity index (χ1) is 14.0. The summed E-state index contributed by atoms with van der Waals surface area (Å²) < 4.78 is 1.45. The third-order valence-corrected chi connectivity index (χ3v) is 6.96. The Labute approximate surface area is 169 Å². The maximum Gasteiger partial charge on any atom is 0.261 e. The molecule has 7 heteroatoms. The van der Waals surface area contributed by atoms with Gasteiger partial charge in [-0.15, -0.1) is 0 Å². The number of likely N-dealkylation sites (tertiary alicyclic amines) is 1. The van der Waals surface area contributed by atoms with Gasteiger partial charge < -0.3 is 9.80 Å². The third kappa shape index (κ3) is 3.03. The van der Waals surface area contributed by atoms with Crippen LogP contribution in [0, 0.1) is 11.8 Å². The number of fused-ring (bicyclic) bond motifs is 5. The van der Waals surface area contributed by atoms with Gasteiger partial charge in [0.15, 0.2) is 0 Å². The monoisotopic (exact) mass is 394 g/mol. The van der Waals surface area contributed by atoms with Gasteiger partial charge in [0.1, 0.15) is 6.04 Å². The van der Waals surface area contributed by atoms with E-state index in [0.29, 0.717) is 42.2 Å². The molecule has 3 aliphatic rings. The minimum absolute atomic E-state index is 0.0329. The Bertz CT molecular complexity index is 1030. The summed E-state index contributed by atoms with van der Waals surface area (Å²) >= 11 is 0. The third-order valence-electron chi connectivity index (χ3n) is 6.96. The Morgan fingerprint density at radius 2 is 2.00 bits per heavy atom. The first kappa shape index (κ1) is 18.3. The molecule has 1 aromatic carbocycles. The highest BCUT2D eigenvalue weighted by atomic mass is 16.2.